The number of benzene rings is 9. The molecule has 0 fully saturated rings. The van der Waals surface area contributed by atoms with E-state index in [1.807, 2.05) is 12.1 Å². The minimum atomic E-state index is 0.882. The molecule has 0 aliphatic carbocycles. The normalized spacial score (nSPS) is 11.6. The molecule has 11 rings (SSSR count). The molecule has 0 aliphatic heterocycles. The number of rotatable bonds is 6. The maximum absolute atomic E-state index is 6.38. The lowest BCUT2D eigenvalue weighted by Crippen LogP contribution is -2.10. The molecule has 55 heavy (non-hydrogen) atoms. The molecule has 0 unspecified atom stereocenters. The van der Waals surface area contributed by atoms with E-state index in [2.05, 4.69) is 204 Å². The monoisotopic (exact) mass is 702 g/mol. The van der Waals surface area contributed by atoms with E-state index in [1.165, 1.54) is 43.8 Å². The smallest absolute Gasteiger partial charge is 0.137 e. The molecule has 11 aromatic rings. The van der Waals surface area contributed by atoms with Crippen LogP contribution in [0, 0.1) is 0 Å². The van der Waals surface area contributed by atoms with Gasteiger partial charge in [0, 0.05) is 44.7 Å². The first-order valence-electron chi connectivity index (χ1n) is 18.8. The van der Waals surface area contributed by atoms with E-state index >= 15 is 0 Å². The fourth-order valence-electron chi connectivity index (χ4n) is 8.45. The predicted molar refractivity (Wildman–Crippen MR) is 231 cm³/mol. The van der Waals surface area contributed by atoms with Gasteiger partial charge >= 0.3 is 0 Å². The van der Waals surface area contributed by atoms with Crippen LogP contribution in [-0.2, 0) is 0 Å². The van der Waals surface area contributed by atoms with Crippen molar-refractivity contribution in [3.8, 4) is 27.9 Å². The van der Waals surface area contributed by atoms with Crippen LogP contribution in [-0.4, -0.2) is 4.57 Å². The minimum Gasteiger partial charge on any atom is -0.456 e. The highest BCUT2D eigenvalue weighted by molar-refractivity contribution is 6.17. The molecule has 0 bridgehead atoms. The Bertz CT molecular complexity index is 3180. The zero-order chi connectivity index (χ0) is 36.3. The van der Waals surface area contributed by atoms with Crippen LogP contribution in [0.5, 0.6) is 0 Å². The number of para-hydroxylation sites is 2. The standard InChI is InChI=1S/C52H34N2O/c1-2-12-35(13-3-1)36-24-28-39(29-25-36)53(40-30-26-38(27-31-40)43-19-10-15-37-14-4-5-16-42(37)43)48-21-11-22-49-52(48)46-18-6-8-20-47(46)54(49)41-32-33-45-44-17-7-9-23-50(44)55-51(45)34-41/h1-34H. The number of anilines is 3. The van der Waals surface area contributed by atoms with E-state index in [4.69, 9.17) is 4.42 Å². The first kappa shape index (κ1) is 31.2. The molecule has 2 aromatic heterocycles. The average Bonchev–Trinajstić information content (AvgIpc) is 3.80. The van der Waals surface area contributed by atoms with Crippen LogP contribution in [0.1, 0.15) is 0 Å². The number of nitrogens with zero attached hydrogens (tertiary/aromatic N) is 2. The second-order valence-corrected chi connectivity index (χ2v) is 14.1. The lowest BCUT2D eigenvalue weighted by Gasteiger charge is -2.27. The third-order valence-corrected chi connectivity index (χ3v) is 11.0. The molecule has 258 valence electrons. The number of aromatic nitrogens is 1. The maximum atomic E-state index is 6.38. The number of furan rings is 1. The fourth-order valence-corrected chi connectivity index (χ4v) is 8.45. The number of hydrogen-bond acceptors (Lipinski definition) is 2. The van der Waals surface area contributed by atoms with Gasteiger partial charge in [-0.15, -0.1) is 0 Å². The van der Waals surface area contributed by atoms with Crippen LogP contribution in [0.3, 0.4) is 0 Å². The van der Waals surface area contributed by atoms with Gasteiger partial charge in [0.2, 0.25) is 0 Å². The van der Waals surface area contributed by atoms with Gasteiger partial charge in [0.1, 0.15) is 11.2 Å². The topological polar surface area (TPSA) is 21.3 Å². The molecule has 0 aliphatic rings. The quantitative estimate of drug-likeness (QED) is 0.172. The van der Waals surface area contributed by atoms with E-state index in [0.717, 1.165) is 55.7 Å². The summed E-state index contributed by atoms with van der Waals surface area (Å²) in [5, 5.41) is 7.13. The molecular formula is C52H34N2O. The molecule has 0 spiro atoms. The van der Waals surface area contributed by atoms with Gasteiger partial charge in [-0.05, 0) is 93.7 Å². The highest BCUT2D eigenvalue weighted by atomic mass is 16.3. The number of hydrogen-bond donors (Lipinski definition) is 0. The second-order valence-electron chi connectivity index (χ2n) is 14.1. The Kier molecular flexibility index (Phi) is 7.17. The predicted octanol–water partition coefficient (Wildman–Crippen LogP) is 14.6. The Morgan fingerprint density at radius 2 is 0.982 bits per heavy atom. The summed E-state index contributed by atoms with van der Waals surface area (Å²) in [7, 11) is 0. The van der Waals surface area contributed by atoms with Gasteiger partial charge in [-0.2, -0.15) is 0 Å². The molecule has 0 amide bonds. The van der Waals surface area contributed by atoms with Crippen molar-refractivity contribution in [2.45, 2.75) is 0 Å². The molecule has 0 saturated heterocycles. The minimum absolute atomic E-state index is 0.882. The van der Waals surface area contributed by atoms with Crippen LogP contribution in [0.25, 0.3) is 82.5 Å². The van der Waals surface area contributed by atoms with Gasteiger partial charge in [0.15, 0.2) is 0 Å². The SMILES string of the molecule is c1ccc(-c2ccc(N(c3ccc(-c4cccc5ccccc45)cc3)c3cccc4c3c3ccccc3n4-c3ccc4c(c3)oc3ccccc34)cc2)cc1. The lowest BCUT2D eigenvalue weighted by molar-refractivity contribution is 0.668. The second kappa shape index (κ2) is 12.6. The van der Waals surface area contributed by atoms with Crippen molar-refractivity contribution in [3.05, 3.63) is 206 Å². The lowest BCUT2D eigenvalue weighted by atomic mass is 9.98. The Hall–Kier alpha value is -7.36. The third-order valence-electron chi connectivity index (χ3n) is 11.0. The van der Waals surface area contributed by atoms with Gasteiger partial charge in [-0.25, -0.2) is 0 Å². The maximum Gasteiger partial charge on any atom is 0.137 e. The van der Waals surface area contributed by atoms with Crippen molar-refractivity contribution in [3.63, 3.8) is 0 Å². The van der Waals surface area contributed by atoms with Crippen molar-refractivity contribution in [1.82, 2.24) is 4.57 Å². The summed E-state index contributed by atoms with van der Waals surface area (Å²) in [6.07, 6.45) is 0. The molecule has 3 nitrogen and oxygen atoms in total. The van der Waals surface area contributed by atoms with E-state index in [-0.39, 0.29) is 0 Å². The van der Waals surface area contributed by atoms with Crippen molar-refractivity contribution in [2.75, 3.05) is 4.90 Å². The molecule has 3 heteroatoms. The third kappa shape index (κ3) is 5.13. The van der Waals surface area contributed by atoms with E-state index < -0.39 is 0 Å². The van der Waals surface area contributed by atoms with Crippen LogP contribution in [0.2, 0.25) is 0 Å². The fraction of sp³-hybridized carbons (Fsp3) is 0. The first-order chi connectivity index (χ1) is 27.3. The van der Waals surface area contributed by atoms with Crippen molar-refractivity contribution < 1.29 is 4.42 Å². The van der Waals surface area contributed by atoms with E-state index in [9.17, 15) is 0 Å². The largest absolute Gasteiger partial charge is 0.456 e. The molecule has 0 saturated carbocycles. The van der Waals surface area contributed by atoms with Crippen molar-refractivity contribution >= 4 is 71.6 Å². The van der Waals surface area contributed by atoms with Crippen LogP contribution in [0.15, 0.2) is 211 Å². The van der Waals surface area contributed by atoms with E-state index in [0.29, 0.717) is 0 Å². The Morgan fingerprint density at radius 3 is 1.80 bits per heavy atom. The average molecular weight is 703 g/mol. The zero-order valence-electron chi connectivity index (χ0n) is 29.9. The van der Waals surface area contributed by atoms with Crippen LogP contribution >= 0.6 is 0 Å². The highest BCUT2D eigenvalue weighted by Crippen LogP contribution is 2.45. The molecule has 0 atom stereocenters. The van der Waals surface area contributed by atoms with Gasteiger partial charge in [-0.1, -0.05) is 140 Å². The molecule has 0 N–H and O–H groups in total. The molecule has 9 aromatic carbocycles. The van der Waals surface area contributed by atoms with Crippen LogP contribution in [0.4, 0.5) is 17.1 Å². The van der Waals surface area contributed by atoms with Crippen molar-refractivity contribution in [1.29, 1.82) is 0 Å². The van der Waals surface area contributed by atoms with Gasteiger partial charge in [-0.3, -0.25) is 0 Å². The summed E-state index contributed by atoms with van der Waals surface area (Å²) < 4.78 is 8.75. The first-order valence-corrected chi connectivity index (χ1v) is 18.8. The summed E-state index contributed by atoms with van der Waals surface area (Å²) in [4.78, 5) is 2.41. The van der Waals surface area contributed by atoms with E-state index in [1.54, 1.807) is 0 Å². The molecule has 2 heterocycles. The Morgan fingerprint density at radius 1 is 0.382 bits per heavy atom. The molecule has 0 radical (unpaired) electrons. The number of fused-ring (bicyclic) bond motifs is 7. The summed E-state index contributed by atoms with van der Waals surface area (Å²) in [6, 6.07) is 74.0. The molecular weight excluding hydrogens is 669 g/mol. The van der Waals surface area contributed by atoms with Crippen molar-refractivity contribution in [2.24, 2.45) is 0 Å². The highest BCUT2D eigenvalue weighted by Gasteiger charge is 2.22. The van der Waals surface area contributed by atoms with Gasteiger partial charge in [0.25, 0.3) is 0 Å². The summed E-state index contributed by atoms with van der Waals surface area (Å²) in [6.45, 7) is 0. The summed E-state index contributed by atoms with van der Waals surface area (Å²) in [5.41, 5.74) is 13.2. The van der Waals surface area contributed by atoms with Gasteiger partial charge < -0.3 is 13.9 Å². The zero-order valence-corrected chi connectivity index (χ0v) is 29.9. The van der Waals surface area contributed by atoms with Gasteiger partial charge in [0.05, 0.1) is 16.7 Å². The van der Waals surface area contributed by atoms with Crippen LogP contribution < -0.4 is 4.90 Å². The Balaban J connectivity index is 1.11. The summed E-state index contributed by atoms with van der Waals surface area (Å²) in [5.74, 6) is 0. The summed E-state index contributed by atoms with van der Waals surface area (Å²) >= 11 is 0. The Labute approximate surface area is 318 Å².